The first-order valence-electron chi connectivity index (χ1n) is 5.84. The number of nitrogens with two attached hydrogens (primary N) is 1. The second-order valence-corrected chi connectivity index (χ2v) is 4.98. The minimum atomic E-state index is -0.0371. The Morgan fingerprint density at radius 2 is 1.93 bits per heavy atom. The maximum Gasteiger partial charge on any atom is 0.0620 e. The Labute approximate surface area is 86.3 Å². The van der Waals surface area contributed by atoms with E-state index in [0.29, 0.717) is 17.9 Å². The van der Waals surface area contributed by atoms with Crippen LogP contribution in [-0.4, -0.2) is 41.8 Å². The molecule has 0 aromatic heterocycles. The predicted molar refractivity (Wildman–Crippen MR) is 56.9 cm³/mol. The molecular formula is C11H22N2O. The molecule has 0 radical (unpaired) electrons. The van der Waals surface area contributed by atoms with Gasteiger partial charge in [-0.2, -0.15) is 0 Å². The van der Waals surface area contributed by atoms with E-state index in [9.17, 15) is 5.11 Å². The Hall–Kier alpha value is -0.120. The molecule has 2 bridgehead atoms. The van der Waals surface area contributed by atoms with Gasteiger partial charge in [-0.1, -0.05) is 6.42 Å². The van der Waals surface area contributed by atoms with Crippen LogP contribution in [0, 0.1) is 11.8 Å². The highest BCUT2D eigenvalue weighted by molar-refractivity contribution is 4.91. The highest BCUT2D eigenvalue weighted by atomic mass is 16.3. The van der Waals surface area contributed by atoms with Crippen molar-refractivity contribution in [3.05, 3.63) is 0 Å². The van der Waals surface area contributed by atoms with Gasteiger partial charge in [-0.05, 0) is 31.6 Å². The van der Waals surface area contributed by atoms with Crippen molar-refractivity contribution in [2.45, 2.75) is 38.3 Å². The minimum absolute atomic E-state index is 0.0371. The molecule has 1 saturated heterocycles. The van der Waals surface area contributed by atoms with Crippen molar-refractivity contribution < 1.29 is 5.11 Å². The Kier molecular flexibility index (Phi) is 3.10. The first-order chi connectivity index (χ1) is 6.72. The van der Waals surface area contributed by atoms with Crippen LogP contribution >= 0.6 is 0 Å². The van der Waals surface area contributed by atoms with E-state index in [1.807, 2.05) is 0 Å². The average Bonchev–Trinajstić information content (AvgIpc) is 2.16. The van der Waals surface area contributed by atoms with Crippen molar-refractivity contribution in [2.24, 2.45) is 17.6 Å². The van der Waals surface area contributed by atoms with E-state index in [1.165, 1.54) is 19.3 Å². The molecule has 14 heavy (non-hydrogen) atoms. The smallest absolute Gasteiger partial charge is 0.0620 e. The summed E-state index contributed by atoms with van der Waals surface area (Å²) < 4.78 is 0. The van der Waals surface area contributed by atoms with E-state index >= 15 is 0 Å². The zero-order chi connectivity index (χ0) is 10.1. The topological polar surface area (TPSA) is 49.5 Å². The lowest BCUT2D eigenvalue weighted by Gasteiger charge is -2.47. The van der Waals surface area contributed by atoms with Crippen molar-refractivity contribution in [3.63, 3.8) is 0 Å². The van der Waals surface area contributed by atoms with E-state index in [-0.39, 0.29) is 6.10 Å². The lowest BCUT2D eigenvalue weighted by Crippen LogP contribution is -2.55. The minimum Gasteiger partial charge on any atom is -0.392 e. The Morgan fingerprint density at radius 3 is 2.43 bits per heavy atom. The summed E-state index contributed by atoms with van der Waals surface area (Å²) in [6.07, 6.45) is 3.67. The van der Waals surface area contributed by atoms with Crippen molar-refractivity contribution in [3.8, 4) is 0 Å². The van der Waals surface area contributed by atoms with E-state index in [2.05, 4.69) is 11.8 Å². The van der Waals surface area contributed by atoms with Crippen molar-refractivity contribution >= 4 is 0 Å². The van der Waals surface area contributed by atoms with Crippen LogP contribution in [0.15, 0.2) is 0 Å². The number of hydrogen-bond acceptors (Lipinski definition) is 3. The SMILES string of the molecule is CC(CN)N1CC2CCCC(C1)C2O. The fourth-order valence-corrected chi connectivity index (χ4v) is 2.95. The molecule has 1 heterocycles. The summed E-state index contributed by atoms with van der Waals surface area (Å²) in [6.45, 7) is 5.02. The number of rotatable bonds is 2. The lowest BCUT2D eigenvalue weighted by atomic mass is 9.75. The van der Waals surface area contributed by atoms with Crippen molar-refractivity contribution in [2.75, 3.05) is 19.6 Å². The van der Waals surface area contributed by atoms with Crippen LogP contribution in [0.4, 0.5) is 0 Å². The van der Waals surface area contributed by atoms with Crippen LogP contribution in [0.25, 0.3) is 0 Å². The number of fused-ring (bicyclic) bond motifs is 2. The largest absolute Gasteiger partial charge is 0.392 e. The molecule has 1 aliphatic heterocycles. The maximum absolute atomic E-state index is 10.0. The number of piperidine rings is 1. The number of nitrogens with zero attached hydrogens (tertiary/aromatic N) is 1. The summed E-state index contributed by atoms with van der Waals surface area (Å²) in [5, 5.41) is 10.0. The molecular weight excluding hydrogens is 176 g/mol. The van der Waals surface area contributed by atoms with Crippen LogP contribution in [-0.2, 0) is 0 Å². The summed E-state index contributed by atoms with van der Waals surface area (Å²) in [4.78, 5) is 2.46. The summed E-state index contributed by atoms with van der Waals surface area (Å²) in [7, 11) is 0. The molecule has 3 atom stereocenters. The normalized spacial score (nSPS) is 40.9. The van der Waals surface area contributed by atoms with Gasteiger partial charge in [0.15, 0.2) is 0 Å². The van der Waals surface area contributed by atoms with Gasteiger partial charge in [0.2, 0.25) is 0 Å². The maximum atomic E-state index is 10.0. The molecule has 3 unspecified atom stereocenters. The molecule has 3 heteroatoms. The third kappa shape index (κ3) is 1.81. The monoisotopic (exact) mass is 198 g/mol. The van der Waals surface area contributed by atoms with Gasteiger partial charge < -0.3 is 10.8 Å². The standard InChI is InChI=1S/C11H22N2O/c1-8(5-12)13-6-9-3-2-4-10(7-13)11(9)14/h8-11,14H,2-7,12H2,1H3. The molecule has 82 valence electrons. The fraction of sp³-hybridized carbons (Fsp3) is 1.00. The number of aliphatic hydroxyl groups is 1. The van der Waals surface area contributed by atoms with Crippen LogP contribution in [0.5, 0.6) is 0 Å². The van der Waals surface area contributed by atoms with Crippen LogP contribution < -0.4 is 5.73 Å². The first-order valence-corrected chi connectivity index (χ1v) is 5.84. The van der Waals surface area contributed by atoms with Gasteiger partial charge in [0, 0.05) is 25.7 Å². The quantitative estimate of drug-likeness (QED) is 0.676. The van der Waals surface area contributed by atoms with E-state index in [1.54, 1.807) is 0 Å². The second-order valence-electron chi connectivity index (χ2n) is 4.98. The Bertz CT molecular complexity index is 184. The van der Waals surface area contributed by atoms with Crippen molar-refractivity contribution in [1.82, 2.24) is 4.90 Å². The van der Waals surface area contributed by atoms with Crippen LogP contribution in [0.1, 0.15) is 26.2 Å². The number of aliphatic hydroxyl groups excluding tert-OH is 1. The average molecular weight is 198 g/mol. The summed E-state index contributed by atoms with van der Waals surface area (Å²) in [5.74, 6) is 1.02. The molecule has 2 fully saturated rings. The highest BCUT2D eigenvalue weighted by Crippen LogP contribution is 2.35. The van der Waals surface area contributed by atoms with E-state index < -0.39 is 0 Å². The highest BCUT2D eigenvalue weighted by Gasteiger charge is 2.39. The molecule has 2 rings (SSSR count). The van der Waals surface area contributed by atoms with Gasteiger partial charge in [-0.15, -0.1) is 0 Å². The van der Waals surface area contributed by atoms with Gasteiger partial charge in [-0.3, -0.25) is 4.90 Å². The number of hydrogen-bond donors (Lipinski definition) is 2. The van der Waals surface area contributed by atoms with Gasteiger partial charge in [0.1, 0.15) is 0 Å². The molecule has 0 aromatic rings. The van der Waals surface area contributed by atoms with Gasteiger partial charge in [-0.25, -0.2) is 0 Å². The van der Waals surface area contributed by atoms with Gasteiger partial charge >= 0.3 is 0 Å². The zero-order valence-corrected chi connectivity index (χ0v) is 9.02. The third-order valence-corrected chi connectivity index (χ3v) is 4.02. The Balaban J connectivity index is 2.00. The van der Waals surface area contributed by atoms with E-state index in [4.69, 9.17) is 5.73 Å². The second kappa shape index (κ2) is 4.17. The molecule has 0 aromatic carbocycles. The van der Waals surface area contributed by atoms with Crippen LogP contribution in [0.3, 0.4) is 0 Å². The molecule has 3 nitrogen and oxygen atoms in total. The zero-order valence-electron chi connectivity index (χ0n) is 9.02. The molecule has 2 aliphatic rings. The molecule has 0 amide bonds. The summed E-state index contributed by atoms with van der Waals surface area (Å²) in [6, 6.07) is 0.477. The summed E-state index contributed by atoms with van der Waals surface area (Å²) >= 11 is 0. The molecule has 1 saturated carbocycles. The third-order valence-electron chi connectivity index (χ3n) is 4.02. The fourth-order valence-electron chi connectivity index (χ4n) is 2.95. The first kappa shape index (κ1) is 10.4. The van der Waals surface area contributed by atoms with E-state index in [0.717, 1.165) is 19.6 Å². The number of likely N-dealkylation sites (tertiary alicyclic amines) is 1. The molecule has 1 aliphatic carbocycles. The summed E-state index contributed by atoms with van der Waals surface area (Å²) in [5.41, 5.74) is 5.68. The van der Waals surface area contributed by atoms with Crippen molar-refractivity contribution in [1.29, 1.82) is 0 Å². The predicted octanol–water partition coefficient (Wildman–Crippen LogP) is 0.426. The molecule has 0 spiro atoms. The van der Waals surface area contributed by atoms with Gasteiger partial charge in [0.05, 0.1) is 6.10 Å². The Morgan fingerprint density at radius 1 is 1.36 bits per heavy atom. The lowest BCUT2D eigenvalue weighted by molar-refractivity contribution is -0.0584. The molecule has 3 N–H and O–H groups in total. The van der Waals surface area contributed by atoms with Gasteiger partial charge in [0.25, 0.3) is 0 Å². The van der Waals surface area contributed by atoms with Crippen LogP contribution in [0.2, 0.25) is 0 Å².